The van der Waals surface area contributed by atoms with Crippen LogP contribution in [0.3, 0.4) is 0 Å². The molecule has 2 aromatic rings. The number of carbonyl (C=O) groups excluding carboxylic acids is 2. The van der Waals surface area contributed by atoms with Crippen molar-refractivity contribution >= 4 is 27.7 Å². The molecule has 0 heterocycles. The molecule has 0 fully saturated rings. The molecule has 8 heteroatoms. The first-order valence-corrected chi connectivity index (χ1v) is 7.99. The van der Waals surface area contributed by atoms with Gasteiger partial charge in [0.15, 0.2) is 0 Å². The molecule has 0 unspecified atom stereocenters. The van der Waals surface area contributed by atoms with Gasteiger partial charge in [-0.2, -0.15) is 0 Å². The molecular weight excluding hydrogens is 395 g/mol. The highest BCUT2D eigenvalue weighted by molar-refractivity contribution is 9.10. The van der Waals surface area contributed by atoms with Crippen LogP contribution in [0.5, 0.6) is 11.5 Å². The maximum atomic E-state index is 12.8. The van der Waals surface area contributed by atoms with Crippen molar-refractivity contribution in [2.24, 2.45) is 0 Å². The molecule has 2 aromatic carbocycles. The van der Waals surface area contributed by atoms with E-state index in [1.54, 1.807) is 0 Å². The Hall–Kier alpha value is -2.61. The van der Waals surface area contributed by atoms with Crippen molar-refractivity contribution in [2.45, 2.75) is 6.42 Å². The van der Waals surface area contributed by atoms with Crippen LogP contribution in [-0.4, -0.2) is 26.0 Å². The van der Waals surface area contributed by atoms with E-state index in [-0.39, 0.29) is 17.8 Å². The summed E-state index contributed by atoms with van der Waals surface area (Å²) in [6, 6.07) is 8.55. The van der Waals surface area contributed by atoms with Crippen molar-refractivity contribution < 1.29 is 23.5 Å². The van der Waals surface area contributed by atoms with Crippen LogP contribution in [0.4, 0.5) is 4.39 Å². The predicted molar refractivity (Wildman–Crippen MR) is 93.0 cm³/mol. The molecule has 0 atom stereocenters. The second kappa shape index (κ2) is 8.48. The number of amides is 2. The molecule has 0 aliphatic rings. The molecule has 132 valence electrons. The number of hydrogen-bond acceptors (Lipinski definition) is 4. The average Bonchev–Trinajstić information content (AvgIpc) is 2.61. The first-order chi connectivity index (χ1) is 11.9. The van der Waals surface area contributed by atoms with Crippen LogP contribution in [0.2, 0.25) is 0 Å². The predicted octanol–water partition coefficient (Wildman–Crippen LogP) is 2.61. The highest BCUT2D eigenvalue weighted by atomic mass is 79.9. The molecule has 25 heavy (non-hydrogen) atoms. The Bertz CT molecular complexity index is 756. The van der Waals surface area contributed by atoms with E-state index in [9.17, 15) is 14.0 Å². The molecule has 6 nitrogen and oxygen atoms in total. The first-order valence-electron chi connectivity index (χ1n) is 7.19. The smallest absolute Gasteiger partial charge is 0.269 e. The molecule has 0 aliphatic carbocycles. The molecule has 0 saturated heterocycles. The van der Waals surface area contributed by atoms with Gasteiger partial charge >= 0.3 is 0 Å². The number of carbonyl (C=O) groups is 2. The minimum Gasteiger partial charge on any atom is -0.495 e. The summed E-state index contributed by atoms with van der Waals surface area (Å²) in [5, 5.41) is 0. The third-order valence-electron chi connectivity index (χ3n) is 3.30. The number of hydrogen-bond donors (Lipinski definition) is 2. The molecule has 2 rings (SSSR count). The molecule has 0 radical (unpaired) electrons. The van der Waals surface area contributed by atoms with E-state index in [4.69, 9.17) is 9.47 Å². The van der Waals surface area contributed by atoms with E-state index < -0.39 is 11.8 Å². The van der Waals surface area contributed by atoms with E-state index >= 15 is 0 Å². The summed E-state index contributed by atoms with van der Waals surface area (Å²) in [6.07, 6.45) is 0.00748. The number of hydrazine groups is 1. The summed E-state index contributed by atoms with van der Waals surface area (Å²) < 4.78 is 23.7. The SMILES string of the molecule is COc1cc(C(=O)NNC(=O)Cc2ccc(F)cc2)cc(OC)c1Br. The normalized spacial score (nSPS) is 10.1. The number of ether oxygens (including phenoxy) is 2. The number of methoxy groups -OCH3 is 2. The summed E-state index contributed by atoms with van der Waals surface area (Å²) in [7, 11) is 2.93. The van der Waals surface area contributed by atoms with Crippen molar-refractivity contribution in [3.8, 4) is 11.5 Å². The zero-order valence-electron chi connectivity index (χ0n) is 13.6. The second-order valence-corrected chi connectivity index (χ2v) is 5.79. The van der Waals surface area contributed by atoms with Crippen molar-refractivity contribution in [3.63, 3.8) is 0 Å². The Morgan fingerprint density at radius 1 is 1.04 bits per heavy atom. The van der Waals surface area contributed by atoms with Crippen molar-refractivity contribution in [3.05, 3.63) is 57.8 Å². The fourth-order valence-corrected chi connectivity index (χ4v) is 2.58. The average molecular weight is 411 g/mol. The summed E-state index contributed by atoms with van der Waals surface area (Å²) in [5.41, 5.74) is 5.50. The van der Waals surface area contributed by atoms with Crippen molar-refractivity contribution in [1.82, 2.24) is 10.9 Å². The zero-order chi connectivity index (χ0) is 18.4. The maximum Gasteiger partial charge on any atom is 0.269 e. The van der Waals surface area contributed by atoms with Crippen LogP contribution in [-0.2, 0) is 11.2 Å². The second-order valence-electron chi connectivity index (χ2n) is 5.00. The molecule has 2 amide bonds. The lowest BCUT2D eigenvalue weighted by Gasteiger charge is -2.12. The van der Waals surface area contributed by atoms with Crippen LogP contribution < -0.4 is 20.3 Å². The monoisotopic (exact) mass is 410 g/mol. The molecule has 0 bridgehead atoms. The molecule has 0 saturated carbocycles. The van der Waals surface area contributed by atoms with E-state index in [1.807, 2.05) is 0 Å². The lowest BCUT2D eigenvalue weighted by atomic mass is 10.1. The maximum absolute atomic E-state index is 12.8. The van der Waals surface area contributed by atoms with Gasteiger partial charge in [0, 0.05) is 5.56 Å². The minimum absolute atomic E-state index is 0.00748. The molecule has 0 aliphatic heterocycles. The fourth-order valence-electron chi connectivity index (χ4n) is 2.03. The van der Waals surface area contributed by atoms with E-state index in [1.165, 1.54) is 50.6 Å². The van der Waals surface area contributed by atoms with Gasteiger partial charge in [0.25, 0.3) is 5.91 Å². The van der Waals surface area contributed by atoms with Crippen LogP contribution in [0.1, 0.15) is 15.9 Å². The quantitative estimate of drug-likeness (QED) is 0.742. The van der Waals surface area contributed by atoms with Gasteiger partial charge in [-0.25, -0.2) is 4.39 Å². The van der Waals surface area contributed by atoms with E-state index in [0.29, 0.717) is 21.5 Å². The van der Waals surface area contributed by atoms with Gasteiger partial charge in [-0.3, -0.25) is 20.4 Å². The summed E-state index contributed by atoms with van der Waals surface area (Å²) >= 11 is 3.31. The van der Waals surface area contributed by atoms with Crippen LogP contribution >= 0.6 is 15.9 Å². The Labute approximate surface area is 152 Å². The van der Waals surface area contributed by atoms with Gasteiger partial charge in [-0.1, -0.05) is 12.1 Å². The Morgan fingerprint density at radius 3 is 2.12 bits per heavy atom. The van der Waals surface area contributed by atoms with Crippen LogP contribution in [0.25, 0.3) is 0 Å². The highest BCUT2D eigenvalue weighted by Crippen LogP contribution is 2.35. The highest BCUT2D eigenvalue weighted by Gasteiger charge is 2.15. The fraction of sp³-hybridized carbons (Fsp3) is 0.176. The number of rotatable bonds is 5. The van der Waals surface area contributed by atoms with Crippen molar-refractivity contribution in [2.75, 3.05) is 14.2 Å². The number of nitrogens with one attached hydrogen (secondary N) is 2. The van der Waals surface area contributed by atoms with Crippen molar-refractivity contribution in [1.29, 1.82) is 0 Å². The largest absolute Gasteiger partial charge is 0.495 e. The topological polar surface area (TPSA) is 76.7 Å². The first kappa shape index (κ1) is 18.7. The van der Waals surface area contributed by atoms with Gasteiger partial charge in [0.05, 0.1) is 20.6 Å². The minimum atomic E-state index is -0.531. The third kappa shape index (κ3) is 4.93. The third-order valence-corrected chi connectivity index (χ3v) is 4.08. The Morgan fingerprint density at radius 2 is 1.60 bits per heavy atom. The summed E-state index contributed by atoms with van der Waals surface area (Å²) in [5.74, 6) is -0.507. The Kier molecular flexibility index (Phi) is 6.35. The van der Waals surface area contributed by atoms with E-state index in [0.717, 1.165) is 0 Å². The Balaban J connectivity index is 2.00. The molecule has 0 aromatic heterocycles. The van der Waals surface area contributed by atoms with Gasteiger partial charge in [0.1, 0.15) is 21.8 Å². The van der Waals surface area contributed by atoms with Gasteiger partial charge in [-0.05, 0) is 45.8 Å². The lowest BCUT2D eigenvalue weighted by molar-refractivity contribution is -0.121. The summed E-state index contributed by atoms with van der Waals surface area (Å²) in [6.45, 7) is 0. The number of benzene rings is 2. The molecule has 2 N–H and O–H groups in total. The van der Waals surface area contributed by atoms with Gasteiger partial charge in [-0.15, -0.1) is 0 Å². The lowest BCUT2D eigenvalue weighted by Crippen LogP contribution is -2.42. The molecular formula is C17H16BrFN2O4. The van der Waals surface area contributed by atoms with Crippen LogP contribution in [0, 0.1) is 5.82 Å². The summed E-state index contributed by atoms with van der Waals surface area (Å²) in [4.78, 5) is 24.0. The zero-order valence-corrected chi connectivity index (χ0v) is 15.1. The standard InChI is InChI=1S/C17H16BrFN2O4/c1-24-13-8-11(9-14(25-2)16(13)18)17(23)21-20-15(22)7-10-3-5-12(19)6-4-10/h3-6,8-9H,7H2,1-2H3,(H,20,22)(H,21,23). The van der Waals surface area contributed by atoms with Crippen LogP contribution in [0.15, 0.2) is 40.9 Å². The van der Waals surface area contributed by atoms with Gasteiger partial charge in [0.2, 0.25) is 5.91 Å². The van der Waals surface area contributed by atoms with Gasteiger partial charge < -0.3 is 9.47 Å². The van der Waals surface area contributed by atoms with E-state index in [2.05, 4.69) is 26.8 Å². The number of halogens is 2. The molecule has 0 spiro atoms.